The molecule has 2 aliphatic rings. The molecule has 1 aromatic carbocycles. The van der Waals surface area contributed by atoms with Crippen LogP contribution in [0.3, 0.4) is 0 Å². The number of carbonyl (C=O) groups is 1. The maximum atomic E-state index is 13.5. The van der Waals surface area contributed by atoms with Gasteiger partial charge in [-0.05, 0) is 41.2 Å². The fourth-order valence-electron chi connectivity index (χ4n) is 5.03. The summed E-state index contributed by atoms with van der Waals surface area (Å²) in [5.74, 6) is 0.982. The highest BCUT2D eigenvalue weighted by atomic mass is 16.5. The number of ether oxygens (including phenoxy) is 1. The summed E-state index contributed by atoms with van der Waals surface area (Å²) in [6.07, 6.45) is 4.28. The molecule has 2 heterocycles. The lowest BCUT2D eigenvalue weighted by Gasteiger charge is -2.22. The Labute approximate surface area is 162 Å². The van der Waals surface area contributed by atoms with E-state index in [4.69, 9.17) is 10.5 Å². The van der Waals surface area contributed by atoms with E-state index in [9.17, 15) is 4.79 Å². The molecule has 1 aliphatic heterocycles. The lowest BCUT2D eigenvalue weighted by atomic mass is 10.00. The third kappa shape index (κ3) is 2.94. The molecule has 2 fully saturated rings. The Morgan fingerprint density at radius 2 is 1.85 bits per heavy atom. The summed E-state index contributed by atoms with van der Waals surface area (Å²) in [6, 6.07) is 6.31. The Kier molecular flexibility index (Phi) is 4.47. The molecule has 0 unspecified atom stereocenters. The number of ketones is 1. The third-order valence-corrected chi connectivity index (χ3v) is 7.53. The zero-order valence-corrected chi connectivity index (χ0v) is 17.0. The minimum atomic E-state index is 0.0520. The van der Waals surface area contributed by atoms with Crippen molar-refractivity contribution in [2.45, 2.75) is 53.6 Å². The van der Waals surface area contributed by atoms with Crippen LogP contribution in [-0.4, -0.2) is 23.6 Å². The molecule has 27 heavy (non-hydrogen) atoms. The number of fused-ring (bicyclic) bond motifs is 1. The summed E-state index contributed by atoms with van der Waals surface area (Å²) in [4.78, 5) is 13.5. The summed E-state index contributed by atoms with van der Waals surface area (Å²) < 4.78 is 7.80. The number of aromatic nitrogens is 1. The molecule has 4 heteroatoms. The number of nitrogens with two attached hydrogens (primary N) is 1. The van der Waals surface area contributed by atoms with E-state index in [1.54, 1.807) is 0 Å². The number of rotatable bonds is 5. The Morgan fingerprint density at radius 3 is 2.44 bits per heavy atom. The molecule has 1 saturated carbocycles. The van der Waals surface area contributed by atoms with Gasteiger partial charge in [-0.3, -0.25) is 4.79 Å². The van der Waals surface area contributed by atoms with Crippen LogP contribution in [0.1, 0.15) is 56.5 Å². The Bertz CT molecular complexity index is 858. The van der Waals surface area contributed by atoms with Crippen LogP contribution in [0.25, 0.3) is 10.9 Å². The Balaban J connectivity index is 1.74. The first-order chi connectivity index (χ1) is 12.8. The number of nitrogens with zero attached hydrogens (tertiary/aromatic N) is 1. The molecule has 1 aliphatic carbocycles. The fourth-order valence-corrected chi connectivity index (χ4v) is 5.03. The summed E-state index contributed by atoms with van der Waals surface area (Å²) in [5.41, 5.74) is 9.12. The van der Waals surface area contributed by atoms with E-state index in [0.29, 0.717) is 18.2 Å². The van der Waals surface area contributed by atoms with Gasteiger partial charge in [-0.1, -0.05) is 39.8 Å². The summed E-state index contributed by atoms with van der Waals surface area (Å²) >= 11 is 0. The molecule has 4 nitrogen and oxygen atoms in total. The molecule has 146 valence electrons. The summed E-state index contributed by atoms with van der Waals surface area (Å²) in [5, 5.41) is 1.07. The van der Waals surface area contributed by atoms with Gasteiger partial charge in [0.2, 0.25) is 0 Å². The van der Waals surface area contributed by atoms with Crippen LogP contribution in [-0.2, 0) is 17.8 Å². The van der Waals surface area contributed by atoms with E-state index < -0.39 is 0 Å². The Hall–Kier alpha value is -1.65. The lowest BCUT2D eigenvalue weighted by Crippen LogP contribution is -2.20. The molecule has 0 bridgehead atoms. The highest BCUT2D eigenvalue weighted by Crippen LogP contribution is 2.69. The SMILES string of the molecule is CC1(C)C(C(=O)c2cn(CC3CCOCC3)c3cc(CN)ccc23)C1(C)C. The molecule has 2 N–H and O–H groups in total. The molecule has 0 spiro atoms. The van der Waals surface area contributed by atoms with Crippen LogP contribution in [0, 0.1) is 22.7 Å². The fraction of sp³-hybridized carbons (Fsp3) is 0.609. The van der Waals surface area contributed by atoms with E-state index in [1.807, 2.05) is 0 Å². The van der Waals surface area contributed by atoms with Crippen molar-refractivity contribution in [1.29, 1.82) is 0 Å². The van der Waals surface area contributed by atoms with Crippen molar-refractivity contribution in [2.24, 2.45) is 28.4 Å². The van der Waals surface area contributed by atoms with Crippen molar-refractivity contribution in [3.63, 3.8) is 0 Å². The molecular weight excluding hydrogens is 336 g/mol. The van der Waals surface area contributed by atoms with Gasteiger partial charge in [-0.2, -0.15) is 0 Å². The van der Waals surface area contributed by atoms with E-state index >= 15 is 0 Å². The standard InChI is InChI=1S/C23H32N2O2/c1-22(2)21(23(22,3)4)20(26)18-14-25(13-15-7-9-27-10-8-15)19-11-16(12-24)5-6-17(18)19/h5-6,11,14-15,21H,7-10,12-13,24H2,1-4H3. The number of benzene rings is 1. The highest BCUT2D eigenvalue weighted by Gasteiger charge is 2.68. The quantitative estimate of drug-likeness (QED) is 0.796. The van der Waals surface area contributed by atoms with Crippen LogP contribution in [0.15, 0.2) is 24.4 Å². The van der Waals surface area contributed by atoms with Crippen LogP contribution < -0.4 is 5.73 Å². The van der Waals surface area contributed by atoms with Crippen LogP contribution in [0.5, 0.6) is 0 Å². The second-order valence-electron chi connectivity index (χ2n) is 9.55. The van der Waals surface area contributed by atoms with Gasteiger partial charge in [0.25, 0.3) is 0 Å². The first kappa shape index (κ1) is 18.7. The molecule has 2 aromatic rings. The molecule has 0 atom stereocenters. The average molecular weight is 369 g/mol. The summed E-state index contributed by atoms with van der Waals surface area (Å²) in [6.45, 7) is 12.0. The average Bonchev–Trinajstić information content (AvgIpc) is 2.91. The van der Waals surface area contributed by atoms with Crippen molar-refractivity contribution >= 4 is 16.7 Å². The van der Waals surface area contributed by atoms with Gasteiger partial charge < -0.3 is 15.0 Å². The highest BCUT2D eigenvalue weighted by molar-refractivity contribution is 6.11. The zero-order chi connectivity index (χ0) is 19.4. The monoisotopic (exact) mass is 368 g/mol. The van der Waals surface area contributed by atoms with Crippen LogP contribution in [0.4, 0.5) is 0 Å². The number of hydrogen-bond donors (Lipinski definition) is 1. The first-order valence-corrected chi connectivity index (χ1v) is 10.2. The maximum Gasteiger partial charge on any atom is 0.169 e. The predicted molar refractivity (Wildman–Crippen MR) is 109 cm³/mol. The van der Waals surface area contributed by atoms with Crippen molar-refractivity contribution in [3.05, 3.63) is 35.5 Å². The van der Waals surface area contributed by atoms with Crippen LogP contribution in [0.2, 0.25) is 0 Å². The van der Waals surface area contributed by atoms with Gasteiger partial charge in [0.05, 0.1) is 0 Å². The van der Waals surface area contributed by atoms with E-state index in [0.717, 1.165) is 54.6 Å². The molecule has 1 aromatic heterocycles. The lowest BCUT2D eigenvalue weighted by molar-refractivity contribution is 0.0616. The van der Waals surface area contributed by atoms with Gasteiger partial charge in [0.1, 0.15) is 0 Å². The molecular formula is C23H32N2O2. The number of carbonyl (C=O) groups excluding carboxylic acids is 1. The van der Waals surface area contributed by atoms with Gasteiger partial charge in [-0.15, -0.1) is 0 Å². The van der Waals surface area contributed by atoms with E-state index in [1.165, 1.54) is 0 Å². The van der Waals surface area contributed by atoms with Crippen molar-refractivity contribution < 1.29 is 9.53 Å². The second kappa shape index (κ2) is 6.46. The number of Topliss-reactive ketones (excluding diaryl/α,β-unsaturated/α-hetero) is 1. The Morgan fingerprint density at radius 1 is 1.19 bits per heavy atom. The minimum Gasteiger partial charge on any atom is -0.381 e. The molecule has 0 radical (unpaired) electrons. The van der Waals surface area contributed by atoms with Crippen molar-refractivity contribution in [3.8, 4) is 0 Å². The van der Waals surface area contributed by atoms with Gasteiger partial charge in [0, 0.05) is 54.9 Å². The molecule has 1 saturated heterocycles. The first-order valence-electron chi connectivity index (χ1n) is 10.2. The minimum absolute atomic E-state index is 0.0520. The van der Waals surface area contributed by atoms with Crippen LogP contribution >= 0.6 is 0 Å². The molecule has 0 amide bonds. The van der Waals surface area contributed by atoms with E-state index in [2.05, 4.69) is 56.7 Å². The van der Waals surface area contributed by atoms with Gasteiger partial charge >= 0.3 is 0 Å². The number of hydrogen-bond acceptors (Lipinski definition) is 3. The third-order valence-electron chi connectivity index (χ3n) is 7.53. The topological polar surface area (TPSA) is 57.2 Å². The maximum absolute atomic E-state index is 13.5. The largest absolute Gasteiger partial charge is 0.381 e. The predicted octanol–water partition coefficient (Wildman–Crippen LogP) is 4.39. The van der Waals surface area contributed by atoms with Gasteiger partial charge in [-0.25, -0.2) is 0 Å². The smallest absolute Gasteiger partial charge is 0.169 e. The van der Waals surface area contributed by atoms with Gasteiger partial charge in [0.15, 0.2) is 5.78 Å². The van der Waals surface area contributed by atoms with Crippen molar-refractivity contribution in [1.82, 2.24) is 4.57 Å². The summed E-state index contributed by atoms with van der Waals surface area (Å²) in [7, 11) is 0. The van der Waals surface area contributed by atoms with E-state index in [-0.39, 0.29) is 16.7 Å². The van der Waals surface area contributed by atoms with Crippen molar-refractivity contribution in [2.75, 3.05) is 13.2 Å². The molecule has 4 rings (SSSR count). The second-order valence-corrected chi connectivity index (χ2v) is 9.55. The normalized spacial score (nSPS) is 22.3. The zero-order valence-electron chi connectivity index (χ0n) is 17.0.